The molecule has 0 saturated heterocycles. The van der Waals surface area contributed by atoms with Crippen molar-refractivity contribution < 1.29 is 4.79 Å². The van der Waals surface area contributed by atoms with Gasteiger partial charge in [0.15, 0.2) is 5.78 Å². The Hall–Kier alpha value is -0.740. The van der Waals surface area contributed by atoms with Crippen molar-refractivity contribution in [2.75, 3.05) is 0 Å². The maximum atomic E-state index is 11.7. The Kier molecular flexibility index (Phi) is 1.73. The van der Waals surface area contributed by atoms with Gasteiger partial charge in [0.05, 0.1) is 10.4 Å². The lowest BCUT2D eigenvalue weighted by molar-refractivity contribution is 0.0805. The fourth-order valence-corrected chi connectivity index (χ4v) is 2.01. The second-order valence-corrected chi connectivity index (χ2v) is 4.05. The molecule has 0 spiro atoms. The van der Waals surface area contributed by atoms with E-state index in [0.29, 0.717) is 4.88 Å². The van der Waals surface area contributed by atoms with Crippen molar-refractivity contribution in [2.24, 2.45) is 5.73 Å². The molecule has 2 N–H and O–H groups in total. The summed E-state index contributed by atoms with van der Waals surface area (Å²) in [5.74, 6) is 0.0660. The van der Waals surface area contributed by atoms with Gasteiger partial charge < -0.3 is 5.73 Å². The molecule has 3 nitrogen and oxygen atoms in total. The fraction of sp³-hybridized carbons (Fsp3) is 0.500. The zero-order chi connectivity index (χ0) is 8.60. The van der Waals surface area contributed by atoms with Crippen LogP contribution in [0.15, 0.2) is 12.3 Å². The number of ketones is 1. The molecule has 1 aromatic rings. The zero-order valence-electron chi connectivity index (χ0n) is 6.62. The highest BCUT2D eigenvalue weighted by molar-refractivity contribution is 7.08. The number of hydrogen-bond donors (Lipinski definition) is 1. The van der Waals surface area contributed by atoms with E-state index >= 15 is 0 Å². The maximum Gasteiger partial charge on any atom is 0.194 e. The number of nitrogens with two attached hydrogens (primary N) is 1. The molecule has 0 bridgehead atoms. The Morgan fingerprint density at radius 1 is 1.67 bits per heavy atom. The van der Waals surface area contributed by atoms with Gasteiger partial charge in [0.1, 0.15) is 0 Å². The number of rotatable bonds is 2. The number of nitrogens with zero attached hydrogens (tertiary/aromatic N) is 1. The van der Waals surface area contributed by atoms with Crippen molar-refractivity contribution in [3.05, 3.63) is 17.1 Å². The van der Waals surface area contributed by atoms with Gasteiger partial charge in [-0.2, -0.15) is 0 Å². The van der Waals surface area contributed by atoms with Gasteiger partial charge in [0.2, 0.25) is 0 Å². The molecule has 0 aliphatic heterocycles. The Balaban J connectivity index is 2.20. The highest BCUT2D eigenvalue weighted by Crippen LogP contribution is 2.32. The van der Waals surface area contributed by atoms with Crippen molar-refractivity contribution >= 4 is 17.3 Å². The first kappa shape index (κ1) is 7.89. The molecule has 2 rings (SSSR count). The summed E-state index contributed by atoms with van der Waals surface area (Å²) in [7, 11) is 0. The van der Waals surface area contributed by atoms with Crippen LogP contribution in [0.1, 0.15) is 28.9 Å². The second-order valence-electron chi connectivity index (χ2n) is 3.22. The Labute approximate surface area is 74.8 Å². The predicted octanol–water partition coefficient (Wildman–Crippen LogP) is 1.21. The highest BCUT2D eigenvalue weighted by Gasteiger charge is 2.40. The summed E-state index contributed by atoms with van der Waals surface area (Å²) >= 11 is 1.23. The van der Waals surface area contributed by atoms with Crippen molar-refractivity contribution in [3.63, 3.8) is 0 Å². The SMILES string of the molecule is NC1(C(=O)c2ccns2)CCC1. The molecule has 1 fully saturated rings. The predicted molar refractivity (Wildman–Crippen MR) is 47.2 cm³/mol. The molecule has 0 amide bonds. The summed E-state index contributed by atoms with van der Waals surface area (Å²) in [5.41, 5.74) is 5.30. The van der Waals surface area contributed by atoms with E-state index < -0.39 is 5.54 Å². The van der Waals surface area contributed by atoms with Gasteiger partial charge in [-0.15, -0.1) is 0 Å². The van der Waals surface area contributed by atoms with E-state index in [9.17, 15) is 4.79 Å². The van der Waals surface area contributed by atoms with Crippen LogP contribution in [-0.4, -0.2) is 15.7 Å². The molecule has 1 aromatic heterocycles. The van der Waals surface area contributed by atoms with Gasteiger partial charge in [-0.25, -0.2) is 4.37 Å². The van der Waals surface area contributed by atoms with Crippen molar-refractivity contribution in [1.29, 1.82) is 0 Å². The van der Waals surface area contributed by atoms with E-state index in [0.717, 1.165) is 19.3 Å². The third-order valence-corrected chi connectivity index (χ3v) is 3.10. The molecule has 1 heterocycles. The van der Waals surface area contributed by atoms with E-state index in [1.54, 1.807) is 12.3 Å². The molecular weight excluding hydrogens is 172 g/mol. The molecule has 64 valence electrons. The van der Waals surface area contributed by atoms with Crippen LogP contribution in [0.3, 0.4) is 0 Å². The van der Waals surface area contributed by atoms with Crippen LogP contribution in [-0.2, 0) is 0 Å². The average Bonchev–Trinajstić information content (AvgIpc) is 2.50. The van der Waals surface area contributed by atoms with Crippen LogP contribution in [0, 0.1) is 0 Å². The van der Waals surface area contributed by atoms with Crippen LogP contribution in [0.2, 0.25) is 0 Å². The van der Waals surface area contributed by atoms with Gasteiger partial charge in [-0.3, -0.25) is 4.79 Å². The molecule has 4 heteroatoms. The van der Waals surface area contributed by atoms with E-state index in [4.69, 9.17) is 5.73 Å². The average molecular weight is 182 g/mol. The summed E-state index contributed by atoms with van der Waals surface area (Å²) in [6.07, 6.45) is 4.36. The highest BCUT2D eigenvalue weighted by atomic mass is 32.1. The normalized spacial score (nSPS) is 20.1. The molecule has 1 aliphatic carbocycles. The summed E-state index contributed by atoms with van der Waals surface area (Å²) in [6, 6.07) is 1.74. The molecule has 0 unspecified atom stereocenters. The smallest absolute Gasteiger partial charge is 0.194 e. The molecule has 0 aromatic carbocycles. The molecule has 0 radical (unpaired) electrons. The second kappa shape index (κ2) is 2.64. The minimum absolute atomic E-state index is 0.0660. The first-order valence-corrected chi connectivity index (χ1v) is 4.74. The van der Waals surface area contributed by atoms with Crippen LogP contribution < -0.4 is 5.73 Å². The molecule has 1 saturated carbocycles. The minimum Gasteiger partial charge on any atom is -0.319 e. The molecule has 0 atom stereocenters. The quantitative estimate of drug-likeness (QED) is 0.699. The van der Waals surface area contributed by atoms with Crippen LogP contribution in [0.4, 0.5) is 0 Å². The largest absolute Gasteiger partial charge is 0.319 e. The molecule has 12 heavy (non-hydrogen) atoms. The number of Topliss-reactive ketones (excluding diaryl/α,β-unsaturated/α-hetero) is 1. The van der Waals surface area contributed by atoms with Gasteiger partial charge in [0.25, 0.3) is 0 Å². The van der Waals surface area contributed by atoms with Gasteiger partial charge in [-0.05, 0) is 36.9 Å². The van der Waals surface area contributed by atoms with Crippen molar-refractivity contribution in [3.8, 4) is 0 Å². The van der Waals surface area contributed by atoms with Gasteiger partial charge in [0, 0.05) is 6.20 Å². The minimum atomic E-state index is -0.563. The number of carbonyl (C=O) groups excluding carboxylic acids is 1. The van der Waals surface area contributed by atoms with E-state index in [2.05, 4.69) is 4.37 Å². The maximum absolute atomic E-state index is 11.7. The van der Waals surface area contributed by atoms with Crippen molar-refractivity contribution in [1.82, 2.24) is 4.37 Å². The lowest BCUT2D eigenvalue weighted by Gasteiger charge is -2.35. The van der Waals surface area contributed by atoms with Gasteiger partial charge >= 0.3 is 0 Å². The summed E-state index contributed by atoms with van der Waals surface area (Å²) in [4.78, 5) is 12.3. The Morgan fingerprint density at radius 2 is 2.42 bits per heavy atom. The van der Waals surface area contributed by atoms with Gasteiger partial charge in [-0.1, -0.05) is 0 Å². The number of carbonyl (C=O) groups is 1. The standard InChI is InChI=1S/C8H10N2OS/c9-8(3-1-4-8)7(11)6-2-5-10-12-6/h2,5H,1,3-4,9H2. The molecule has 1 aliphatic rings. The summed E-state index contributed by atoms with van der Waals surface area (Å²) < 4.78 is 3.88. The number of hydrogen-bond acceptors (Lipinski definition) is 4. The Morgan fingerprint density at radius 3 is 2.83 bits per heavy atom. The summed E-state index contributed by atoms with van der Waals surface area (Å²) in [5, 5.41) is 0. The summed E-state index contributed by atoms with van der Waals surface area (Å²) in [6.45, 7) is 0. The van der Waals surface area contributed by atoms with Crippen molar-refractivity contribution in [2.45, 2.75) is 24.8 Å². The number of aromatic nitrogens is 1. The fourth-order valence-electron chi connectivity index (χ4n) is 1.36. The third kappa shape index (κ3) is 1.07. The zero-order valence-corrected chi connectivity index (χ0v) is 7.43. The van der Waals surface area contributed by atoms with Crippen LogP contribution in [0.5, 0.6) is 0 Å². The van der Waals surface area contributed by atoms with Crippen LogP contribution >= 0.6 is 11.5 Å². The lowest BCUT2D eigenvalue weighted by Crippen LogP contribution is -2.53. The molecular formula is C8H10N2OS. The van der Waals surface area contributed by atoms with E-state index in [1.165, 1.54) is 11.5 Å². The monoisotopic (exact) mass is 182 g/mol. The lowest BCUT2D eigenvalue weighted by atomic mass is 9.74. The van der Waals surface area contributed by atoms with E-state index in [1.807, 2.05) is 0 Å². The first-order chi connectivity index (χ1) is 5.72. The first-order valence-electron chi connectivity index (χ1n) is 3.97. The topological polar surface area (TPSA) is 56.0 Å². The Bertz CT molecular complexity index is 290. The third-order valence-electron chi connectivity index (χ3n) is 2.36. The van der Waals surface area contributed by atoms with Crippen LogP contribution in [0.25, 0.3) is 0 Å². The van der Waals surface area contributed by atoms with E-state index in [-0.39, 0.29) is 5.78 Å².